The minimum absolute atomic E-state index is 0.319. The summed E-state index contributed by atoms with van der Waals surface area (Å²) in [5, 5.41) is 30.4. The lowest BCUT2D eigenvalue weighted by atomic mass is 9.76. The lowest BCUT2D eigenvalue weighted by molar-refractivity contribution is -0.147. The zero-order chi connectivity index (χ0) is 46.9. The van der Waals surface area contributed by atoms with E-state index in [9.17, 15) is 38.5 Å². The summed E-state index contributed by atoms with van der Waals surface area (Å²) in [7, 11) is 1.22. The molecule has 1 atom stereocenters. The average Bonchev–Trinajstić information content (AvgIpc) is 3.28. The Morgan fingerprint density at radius 1 is 0.547 bits per heavy atom. The Hall–Kier alpha value is -6.05. The van der Waals surface area contributed by atoms with Crippen molar-refractivity contribution in [3.8, 4) is 0 Å². The highest BCUT2D eigenvalue weighted by molar-refractivity contribution is 5.87. The molecule has 0 bridgehead atoms. The molecule has 2 aromatic carbocycles. The fraction of sp³-hybridized carbons (Fsp3) is 0.489. The largest absolute Gasteiger partial charge is 0.468 e. The van der Waals surface area contributed by atoms with Gasteiger partial charge in [-0.25, -0.2) is 38.3 Å². The van der Waals surface area contributed by atoms with Crippen LogP contribution in [-0.2, 0) is 29.8 Å². The zero-order valence-corrected chi connectivity index (χ0v) is 37.3. The first kappa shape index (κ1) is 49.0. The van der Waals surface area contributed by atoms with E-state index in [-0.39, 0.29) is 25.4 Å². The van der Waals surface area contributed by atoms with Gasteiger partial charge in [-0.2, -0.15) is 0 Å². The van der Waals surface area contributed by atoms with Gasteiger partial charge in [0.1, 0.15) is 28.3 Å². The van der Waals surface area contributed by atoms with Gasteiger partial charge < -0.3 is 49.1 Å². The second-order valence-electron chi connectivity index (χ2n) is 17.4. The molecular weight excluding hydrogens is 835 g/mol. The fourth-order valence-corrected chi connectivity index (χ4v) is 7.18. The van der Waals surface area contributed by atoms with Gasteiger partial charge in [0, 0.05) is 88.3 Å². The molecule has 2 fully saturated rings. The number of ether oxygens (including phenoxy) is 3. The Kier molecular flexibility index (Phi) is 15.8. The molecule has 1 unspecified atom stereocenters. The standard InChI is InChI=1S/C23H29FN4O5.C22H29FN4O4/c1-22(2,3)33-21(31)28-11-9-27(10-12-28)20-25-13-17(14-26-20)23(15-29,19(30)32-4)16-5-7-18(24)8-6-16;1-21(2,3)31-20(30)27-10-8-26(9-11-27)19-24-12-17(13-25-19)22(14-28,15-29)16-4-6-18(23)7-5-16/h5-8,13-14,29H,9-12,15H2,1-4H3;4-7,12-13,28-29H,8-11,14-15H2,1-3H3. The molecule has 17 nitrogen and oxygen atoms in total. The summed E-state index contributed by atoms with van der Waals surface area (Å²) in [5.74, 6) is -0.646. The van der Waals surface area contributed by atoms with Crippen LogP contribution in [0.1, 0.15) is 63.8 Å². The van der Waals surface area contributed by atoms with Crippen LogP contribution in [-0.4, -0.2) is 154 Å². The van der Waals surface area contributed by atoms with Crippen molar-refractivity contribution in [1.29, 1.82) is 0 Å². The normalized spacial score (nSPS) is 15.7. The van der Waals surface area contributed by atoms with Crippen LogP contribution in [0.5, 0.6) is 0 Å². The van der Waals surface area contributed by atoms with E-state index >= 15 is 0 Å². The number of rotatable bonds is 10. The number of halogens is 2. The molecule has 3 N–H and O–H groups in total. The second-order valence-corrected chi connectivity index (χ2v) is 17.4. The third-order valence-corrected chi connectivity index (χ3v) is 10.8. The third-order valence-electron chi connectivity index (χ3n) is 10.8. The van der Waals surface area contributed by atoms with Gasteiger partial charge in [-0.1, -0.05) is 24.3 Å². The van der Waals surface area contributed by atoms with Crippen LogP contribution in [0.2, 0.25) is 0 Å². The molecule has 0 radical (unpaired) electrons. The molecule has 2 aliphatic heterocycles. The maximum Gasteiger partial charge on any atom is 0.410 e. The van der Waals surface area contributed by atoms with Gasteiger partial charge in [0.05, 0.1) is 32.3 Å². The summed E-state index contributed by atoms with van der Waals surface area (Å²) in [4.78, 5) is 62.0. The molecule has 19 heteroatoms. The maximum absolute atomic E-state index is 13.4. The number of aliphatic hydroxyl groups is 3. The van der Waals surface area contributed by atoms with Crippen LogP contribution in [0, 0.1) is 11.6 Å². The molecule has 4 heterocycles. The van der Waals surface area contributed by atoms with E-state index in [0.717, 1.165) is 0 Å². The molecule has 346 valence electrons. The number of hydrogen-bond acceptors (Lipinski definition) is 15. The van der Waals surface area contributed by atoms with E-state index in [4.69, 9.17) is 14.2 Å². The smallest absolute Gasteiger partial charge is 0.410 e. The lowest BCUT2D eigenvalue weighted by Gasteiger charge is -2.36. The highest BCUT2D eigenvalue weighted by Gasteiger charge is 2.44. The topological polar surface area (TPSA) is 204 Å². The van der Waals surface area contributed by atoms with Gasteiger partial charge in [-0.3, -0.25) is 4.79 Å². The Morgan fingerprint density at radius 3 is 1.23 bits per heavy atom. The Morgan fingerprint density at radius 2 is 0.906 bits per heavy atom. The number of aliphatic hydroxyl groups excluding tert-OH is 3. The summed E-state index contributed by atoms with van der Waals surface area (Å²) >= 11 is 0. The van der Waals surface area contributed by atoms with E-state index in [2.05, 4.69) is 19.9 Å². The molecule has 2 saturated heterocycles. The SMILES string of the molecule is CC(C)(C)OC(=O)N1CCN(c2ncc(C(CO)(CO)c3ccc(F)cc3)cn2)CC1.COC(=O)C(CO)(c1ccc(F)cc1)c1cnc(N2CCN(C(=O)OC(C)(C)C)CC2)nc1. The van der Waals surface area contributed by atoms with E-state index in [1.165, 1.54) is 68.0 Å². The van der Waals surface area contributed by atoms with Gasteiger partial charge in [-0.05, 0) is 76.9 Å². The monoisotopic (exact) mass is 892 g/mol. The van der Waals surface area contributed by atoms with E-state index in [1.54, 1.807) is 22.2 Å². The van der Waals surface area contributed by atoms with Gasteiger partial charge in [0.15, 0.2) is 0 Å². The van der Waals surface area contributed by atoms with E-state index in [1.807, 2.05) is 51.3 Å². The molecule has 2 aromatic heterocycles. The number of esters is 1. The van der Waals surface area contributed by atoms with Crippen molar-refractivity contribution in [2.45, 2.75) is 63.6 Å². The summed E-state index contributed by atoms with van der Waals surface area (Å²) in [6, 6.07) is 10.9. The minimum Gasteiger partial charge on any atom is -0.468 e. The molecule has 64 heavy (non-hydrogen) atoms. The molecular formula is C45H58F2N8O9. The van der Waals surface area contributed by atoms with Crippen LogP contribution in [0.25, 0.3) is 0 Å². The molecule has 2 aliphatic rings. The van der Waals surface area contributed by atoms with Crippen LogP contribution < -0.4 is 9.80 Å². The van der Waals surface area contributed by atoms with E-state index in [0.29, 0.717) is 86.5 Å². The van der Waals surface area contributed by atoms with Crippen molar-refractivity contribution in [3.63, 3.8) is 0 Å². The van der Waals surface area contributed by atoms with Crippen molar-refractivity contribution >= 4 is 30.1 Å². The number of carbonyl (C=O) groups excluding carboxylic acids is 3. The maximum atomic E-state index is 13.4. The summed E-state index contributed by atoms with van der Waals surface area (Å²) < 4.78 is 42.5. The Labute approximate surface area is 371 Å². The Bertz CT molecular complexity index is 2150. The van der Waals surface area contributed by atoms with Gasteiger partial charge in [0.25, 0.3) is 0 Å². The van der Waals surface area contributed by atoms with Gasteiger partial charge in [0.2, 0.25) is 11.9 Å². The summed E-state index contributed by atoms with van der Waals surface area (Å²) in [5.41, 5.74) is -2.04. The molecule has 0 aliphatic carbocycles. The van der Waals surface area contributed by atoms with Crippen molar-refractivity contribution < 1.29 is 52.7 Å². The number of hydrogen-bond donors (Lipinski definition) is 3. The molecule has 0 saturated carbocycles. The molecule has 2 amide bonds. The average molecular weight is 893 g/mol. The number of nitrogens with zero attached hydrogens (tertiary/aromatic N) is 8. The summed E-state index contributed by atoms with van der Waals surface area (Å²) in [6.07, 6.45) is 5.36. The number of piperazine rings is 2. The highest BCUT2D eigenvalue weighted by atomic mass is 19.1. The lowest BCUT2D eigenvalue weighted by Crippen LogP contribution is -2.50. The quantitative estimate of drug-likeness (QED) is 0.152. The van der Waals surface area contributed by atoms with E-state index < -0.39 is 46.2 Å². The van der Waals surface area contributed by atoms with Crippen LogP contribution >= 0.6 is 0 Å². The number of carbonyl (C=O) groups is 3. The fourth-order valence-electron chi connectivity index (χ4n) is 7.18. The predicted octanol–water partition coefficient (Wildman–Crippen LogP) is 4.07. The molecule has 4 aromatic rings. The number of benzene rings is 2. The summed E-state index contributed by atoms with van der Waals surface area (Å²) in [6.45, 7) is 13.6. The first-order valence-electron chi connectivity index (χ1n) is 20.8. The van der Waals surface area contributed by atoms with Gasteiger partial charge >= 0.3 is 18.2 Å². The number of amides is 2. The second kappa shape index (κ2) is 20.6. The number of methoxy groups -OCH3 is 1. The number of aromatic nitrogens is 4. The van der Waals surface area contributed by atoms with Crippen LogP contribution in [0.15, 0.2) is 73.3 Å². The van der Waals surface area contributed by atoms with Crippen molar-refractivity contribution in [2.24, 2.45) is 0 Å². The van der Waals surface area contributed by atoms with Crippen molar-refractivity contribution in [2.75, 3.05) is 89.1 Å². The molecule has 0 spiro atoms. The van der Waals surface area contributed by atoms with Gasteiger partial charge in [-0.15, -0.1) is 0 Å². The zero-order valence-electron chi connectivity index (χ0n) is 37.3. The first-order valence-corrected chi connectivity index (χ1v) is 20.8. The Balaban J connectivity index is 0.000000241. The van der Waals surface area contributed by atoms with Crippen molar-refractivity contribution in [3.05, 3.63) is 107 Å². The minimum atomic E-state index is -1.59. The predicted molar refractivity (Wildman–Crippen MR) is 232 cm³/mol. The van der Waals surface area contributed by atoms with Crippen LogP contribution in [0.4, 0.5) is 30.3 Å². The third kappa shape index (κ3) is 11.5. The first-order chi connectivity index (χ1) is 30.3. The highest BCUT2D eigenvalue weighted by Crippen LogP contribution is 2.34. The van der Waals surface area contributed by atoms with Crippen LogP contribution in [0.3, 0.4) is 0 Å². The molecule has 6 rings (SSSR count). The number of anilines is 2. The van der Waals surface area contributed by atoms with Crippen molar-refractivity contribution in [1.82, 2.24) is 29.7 Å².